The number of para-hydroxylation sites is 1. The van der Waals surface area contributed by atoms with E-state index in [-0.39, 0.29) is 0 Å². The van der Waals surface area contributed by atoms with Gasteiger partial charge in [-0.3, -0.25) is 4.98 Å². The van der Waals surface area contributed by atoms with Crippen molar-refractivity contribution in [2.75, 3.05) is 6.54 Å². The molecule has 0 saturated heterocycles. The second-order valence-corrected chi connectivity index (χ2v) is 4.51. The van der Waals surface area contributed by atoms with E-state index in [1.165, 1.54) is 5.39 Å². The fourth-order valence-corrected chi connectivity index (χ4v) is 2.21. The van der Waals surface area contributed by atoms with E-state index in [2.05, 4.69) is 32.7 Å². The summed E-state index contributed by atoms with van der Waals surface area (Å²) in [6.07, 6.45) is 4.58. The average molecular weight is 252 g/mol. The summed E-state index contributed by atoms with van der Waals surface area (Å²) in [5.41, 5.74) is 7.65. The molecule has 2 N–H and O–H groups in total. The Morgan fingerprint density at radius 1 is 1.11 bits per heavy atom. The first-order valence-electron chi connectivity index (χ1n) is 6.41. The summed E-state index contributed by atoms with van der Waals surface area (Å²) in [6, 6.07) is 12.3. The highest BCUT2D eigenvalue weighted by atomic mass is 15.1. The summed E-state index contributed by atoms with van der Waals surface area (Å²) in [4.78, 5) is 8.99. The molecule has 3 rings (SSSR count). The lowest BCUT2D eigenvalue weighted by Crippen LogP contribution is -2.11. The SMILES string of the molecule is NCCc1nccn1Cc1ccc2ccccc2n1. The zero-order chi connectivity index (χ0) is 13.1. The van der Waals surface area contributed by atoms with Crippen LogP contribution in [0.3, 0.4) is 0 Å². The molecule has 0 aliphatic carbocycles. The predicted octanol–water partition coefficient (Wildman–Crippen LogP) is 1.98. The van der Waals surface area contributed by atoms with Crippen LogP contribution in [0.4, 0.5) is 0 Å². The van der Waals surface area contributed by atoms with Crippen LogP contribution in [-0.4, -0.2) is 21.1 Å². The van der Waals surface area contributed by atoms with Crippen LogP contribution in [0, 0.1) is 0 Å². The minimum absolute atomic E-state index is 0.613. The number of pyridine rings is 1. The molecule has 4 heteroatoms. The molecule has 3 aromatic rings. The quantitative estimate of drug-likeness (QED) is 0.772. The lowest BCUT2D eigenvalue weighted by molar-refractivity contribution is 0.705. The fraction of sp³-hybridized carbons (Fsp3) is 0.200. The van der Waals surface area contributed by atoms with Crippen molar-refractivity contribution in [1.29, 1.82) is 0 Å². The van der Waals surface area contributed by atoms with Crippen LogP contribution in [0.15, 0.2) is 48.8 Å². The summed E-state index contributed by atoms with van der Waals surface area (Å²) in [7, 11) is 0. The van der Waals surface area contributed by atoms with Crippen LogP contribution in [0.5, 0.6) is 0 Å². The molecule has 4 nitrogen and oxygen atoms in total. The van der Waals surface area contributed by atoms with Gasteiger partial charge in [0.1, 0.15) is 5.82 Å². The van der Waals surface area contributed by atoms with Gasteiger partial charge in [-0.15, -0.1) is 0 Å². The van der Waals surface area contributed by atoms with Gasteiger partial charge in [0, 0.05) is 24.2 Å². The number of hydrogen-bond donors (Lipinski definition) is 1. The molecule has 0 radical (unpaired) electrons. The highest BCUT2D eigenvalue weighted by Crippen LogP contribution is 2.13. The summed E-state index contributed by atoms with van der Waals surface area (Å²) in [5, 5.41) is 1.17. The first-order chi connectivity index (χ1) is 9.36. The minimum atomic E-state index is 0.613. The van der Waals surface area contributed by atoms with Crippen LogP contribution in [-0.2, 0) is 13.0 Å². The van der Waals surface area contributed by atoms with Crippen molar-refractivity contribution in [1.82, 2.24) is 14.5 Å². The normalized spacial score (nSPS) is 11.0. The van der Waals surface area contributed by atoms with Crippen LogP contribution in [0.1, 0.15) is 11.5 Å². The Labute approximate surface area is 111 Å². The lowest BCUT2D eigenvalue weighted by Gasteiger charge is -2.07. The molecule has 96 valence electrons. The molecule has 2 heterocycles. The standard InChI is InChI=1S/C15H16N4/c16-8-7-15-17-9-10-19(15)11-13-6-5-12-3-1-2-4-14(12)18-13/h1-6,9-10H,7-8,11,16H2. The second-order valence-electron chi connectivity index (χ2n) is 4.51. The average Bonchev–Trinajstić information content (AvgIpc) is 2.86. The van der Waals surface area contributed by atoms with Crippen molar-refractivity contribution in [3.63, 3.8) is 0 Å². The van der Waals surface area contributed by atoms with Gasteiger partial charge in [0.15, 0.2) is 0 Å². The van der Waals surface area contributed by atoms with Gasteiger partial charge in [-0.2, -0.15) is 0 Å². The van der Waals surface area contributed by atoms with E-state index in [4.69, 9.17) is 5.73 Å². The van der Waals surface area contributed by atoms with E-state index in [0.29, 0.717) is 6.54 Å². The monoisotopic (exact) mass is 252 g/mol. The Hall–Kier alpha value is -2.20. The number of rotatable bonds is 4. The first kappa shape index (κ1) is 11.9. The van der Waals surface area contributed by atoms with Crippen molar-refractivity contribution in [2.45, 2.75) is 13.0 Å². The fourth-order valence-electron chi connectivity index (χ4n) is 2.21. The Bertz CT molecular complexity index is 687. The molecule has 0 atom stereocenters. The molecule has 0 aliphatic heterocycles. The molecule has 1 aromatic carbocycles. The predicted molar refractivity (Wildman–Crippen MR) is 75.8 cm³/mol. The maximum atomic E-state index is 5.59. The maximum Gasteiger partial charge on any atom is 0.110 e. The minimum Gasteiger partial charge on any atom is -0.330 e. The number of nitrogens with zero attached hydrogens (tertiary/aromatic N) is 3. The smallest absolute Gasteiger partial charge is 0.110 e. The highest BCUT2D eigenvalue weighted by molar-refractivity contribution is 5.78. The number of imidazole rings is 1. The lowest BCUT2D eigenvalue weighted by atomic mass is 10.2. The van der Waals surface area contributed by atoms with Gasteiger partial charge >= 0.3 is 0 Å². The summed E-state index contributed by atoms with van der Waals surface area (Å²) >= 11 is 0. The van der Waals surface area contributed by atoms with Gasteiger partial charge in [-0.05, 0) is 18.7 Å². The Morgan fingerprint density at radius 2 is 2.00 bits per heavy atom. The first-order valence-corrected chi connectivity index (χ1v) is 6.41. The number of benzene rings is 1. The summed E-state index contributed by atoms with van der Waals surface area (Å²) in [6.45, 7) is 1.35. The van der Waals surface area contributed by atoms with Gasteiger partial charge < -0.3 is 10.3 Å². The molecular weight excluding hydrogens is 236 g/mol. The molecule has 19 heavy (non-hydrogen) atoms. The molecule has 0 bridgehead atoms. The molecule has 0 fully saturated rings. The van der Waals surface area contributed by atoms with E-state index in [9.17, 15) is 0 Å². The third-order valence-electron chi connectivity index (χ3n) is 3.16. The highest BCUT2D eigenvalue weighted by Gasteiger charge is 2.04. The zero-order valence-corrected chi connectivity index (χ0v) is 10.7. The molecule has 0 aliphatic rings. The number of nitrogens with two attached hydrogens (primary N) is 1. The largest absolute Gasteiger partial charge is 0.330 e. The number of fused-ring (bicyclic) bond motifs is 1. The van der Waals surface area contributed by atoms with E-state index in [1.54, 1.807) is 0 Å². The Morgan fingerprint density at radius 3 is 2.89 bits per heavy atom. The second kappa shape index (κ2) is 5.20. The van der Waals surface area contributed by atoms with Crippen molar-refractivity contribution in [2.24, 2.45) is 5.73 Å². The van der Waals surface area contributed by atoms with Crippen molar-refractivity contribution < 1.29 is 0 Å². The molecule has 0 spiro atoms. The van der Waals surface area contributed by atoms with E-state index < -0.39 is 0 Å². The van der Waals surface area contributed by atoms with Gasteiger partial charge in [0.05, 0.1) is 17.8 Å². The zero-order valence-electron chi connectivity index (χ0n) is 10.7. The Kier molecular flexibility index (Phi) is 3.25. The molecule has 0 amide bonds. The van der Waals surface area contributed by atoms with Crippen LogP contribution < -0.4 is 5.73 Å². The van der Waals surface area contributed by atoms with Crippen LogP contribution >= 0.6 is 0 Å². The number of hydrogen-bond acceptors (Lipinski definition) is 3. The Balaban J connectivity index is 1.90. The molecule has 0 saturated carbocycles. The topological polar surface area (TPSA) is 56.7 Å². The van der Waals surface area contributed by atoms with Crippen LogP contribution in [0.25, 0.3) is 10.9 Å². The summed E-state index contributed by atoms with van der Waals surface area (Å²) in [5.74, 6) is 1.01. The van der Waals surface area contributed by atoms with E-state index in [1.807, 2.05) is 30.6 Å². The van der Waals surface area contributed by atoms with Crippen LogP contribution in [0.2, 0.25) is 0 Å². The van der Waals surface area contributed by atoms with Gasteiger partial charge in [0.25, 0.3) is 0 Å². The van der Waals surface area contributed by atoms with Crippen molar-refractivity contribution in [3.05, 3.63) is 60.3 Å². The van der Waals surface area contributed by atoms with E-state index >= 15 is 0 Å². The molecule has 0 unspecified atom stereocenters. The number of aromatic nitrogens is 3. The van der Waals surface area contributed by atoms with E-state index in [0.717, 1.165) is 30.0 Å². The third kappa shape index (κ3) is 2.48. The van der Waals surface area contributed by atoms with Crippen molar-refractivity contribution >= 4 is 10.9 Å². The van der Waals surface area contributed by atoms with Gasteiger partial charge in [-0.1, -0.05) is 24.3 Å². The molecular formula is C15H16N4. The third-order valence-corrected chi connectivity index (χ3v) is 3.16. The summed E-state index contributed by atoms with van der Waals surface area (Å²) < 4.78 is 2.10. The van der Waals surface area contributed by atoms with Gasteiger partial charge in [-0.25, -0.2) is 4.98 Å². The maximum absolute atomic E-state index is 5.59. The van der Waals surface area contributed by atoms with Gasteiger partial charge in [0.2, 0.25) is 0 Å². The van der Waals surface area contributed by atoms with Crippen molar-refractivity contribution in [3.8, 4) is 0 Å². The molecule has 2 aromatic heterocycles.